The predicted molar refractivity (Wildman–Crippen MR) is 82.1 cm³/mol. The second-order valence-electron chi connectivity index (χ2n) is 4.74. The van der Waals surface area contributed by atoms with Gasteiger partial charge in [0.1, 0.15) is 5.82 Å². The number of nitrogens with zero attached hydrogens (tertiary/aromatic N) is 2. The number of benzene rings is 1. The highest BCUT2D eigenvalue weighted by Crippen LogP contribution is 2.18. The molecule has 1 fully saturated rings. The van der Waals surface area contributed by atoms with Gasteiger partial charge in [0.05, 0.1) is 6.54 Å². The Kier molecular flexibility index (Phi) is 3.93. The minimum atomic E-state index is -0.198. The van der Waals surface area contributed by atoms with Crippen molar-refractivity contribution in [2.45, 2.75) is 25.4 Å². The Balaban J connectivity index is 1.81. The van der Waals surface area contributed by atoms with Crippen LogP contribution >= 0.6 is 23.6 Å². The van der Waals surface area contributed by atoms with E-state index in [4.69, 9.17) is 12.2 Å². The Morgan fingerprint density at radius 1 is 1.45 bits per heavy atom. The smallest absolute Gasteiger partial charge is 0.195 e. The number of nitrogens with one attached hydrogen (secondary N) is 1. The summed E-state index contributed by atoms with van der Waals surface area (Å²) < 4.78 is 15.6. The zero-order chi connectivity index (χ0) is 13.9. The minimum Gasteiger partial charge on any atom is -0.358 e. The van der Waals surface area contributed by atoms with Crippen molar-refractivity contribution < 1.29 is 4.39 Å². The van der Waals surface area contributed by atoms with E-state index in [0.717, 1.165) is 17.6 Å². The van der Waals surface area contributed by atoms with Crippen molar-refractivity contribution in [2.24, 2.45) is 4.99 Å². The number of hydrogen-bond acceptors (Lipinski definition) is 2. The SMILES string of the molecule is Fc1ccccc1Cn1ccsc1=NC(=S)NC1CC1. The van der Waals surface area contributed by atoms with Crippen molar-refractivity contribution >= 4 is 28.7 Å². The van der Waals surface area contributed by atoms with Crippen LogP contribution in [0.3, 0.4) is 0 Å². The normalized spacial score (nSPS) is 15.3. The lowest BCUT2D eigenvalue weighted by atomic mass is 10.2. The molecule has 0 atom stereocenters. The zero-order valence-corrected chi connectivity index (χ0v) is 12.4. The molecule has 104 valence electrons. The van der Waals surface area contributed by atoms with Crippen LogP contribution in [0.15, 0.2) is 40.8 Å². The Hall–Kier alpha value is -1.53. The predicted octanol–water partition coefficient (Wildman–Crippen LogP) is 2.67. The molecule has 0 saturated heterocycles. The summed E-state index contributed by atoms with van der Waals surface area (Å²) in [5.41, 5.74) is 0.647. The first-order valence-corrected chi connectivity index (χ1v) is 7.74. The van der Waals surface area contributed by atoms with Crippen molar-refractivity contribution in [3.8, 4) is 0 Å². The average Bonchev–Trinajstić information content (AvgIpc) is 3.13. The molecule has 20 heavy (non-hydrogen) atoms. The molecule has 3 nitrogen and oxygen atoms in total. The molecule has 3 rings (SSSR count). The molecular formula is C14H14FN3S2. The molecule has 0 bridgehead atoms. The number of halogens is 1. The van der Waals surface area contributed by atoms with E-state index in [1.807, 2.05) is 22.2 Å². The minimum absolute atomic E-state index is 0.198. The Morgan fingerprint density at radius 3 is 3.00 bits per heavy atom. The third-order valence-corrected chi connectivity index (χ3v) is 4.06. The first-order valence-electron chi connectivity index (χ1n) is 6.45. The van der Waals surface area contributed by atoms with Crippen LogP contribution in [0.4, 0.5) is 4.39 Å². The van der Waals surface area contributed by atoms with Gasteiger partial charge in [-0.15, -0.1) is 11.3 Å². The van der Waals surface area contributed by atoms with Gasteiger partial charge in [0.15, 0.2) is 9.91 Å². The Morgan fingerprint density at radius 2 is 2.25 bits per heavy atom. The van der Waals surface area contributed by atoms with E-state index in [1.165, 1.54) is 17.4 Å². The van der Waals surface area contributed by atoms with Gasteiger partial charge in [-0.3, -0.25) is 0 Å². The standard InChI is InChI=1S/C14H14FN3S2/c15-12-4-2-1-3-10(12)9-18-7-8-20-14(18)17-13(19)16-11-5-6-11/h1-4,7-8,11H,5-6,9H2,(H,16,19). The van der Waals surface area contributed by atoms with Crippen LogP contribution in [0.2, 0.25) is 0 Å². The fourth-order valence-electron chi connectivity index (χ4n) is 1.84. The maximum absolute atomic E-state index is 13.7. The van der Waals surface area contributed by atoms with Crippen molar-refractivity contribution in [3.05, 3.63) is 52.0 Å². The molecule has 1 saturated carbocycles. The molecule has 0 spiro atoms. The molecule has 0 unspecified atom stereocenters. The van der Waals surface area contributed by atoms with E-state index in [-0.39, 0.29) is 5.82 Å². The van der Waals surface area contributed by atoms with Gasteiger partial charge in [-0.2, -0.15) is 4.99 Å². The lowest BCUT2D eigenvalue weighted by Crippen LogP contribution is -2.26. The molecule has 2 aromatic rings. The molecule has 1 aromatic heterocycles. The molecule has 1 aliphatic rings. The fraction of sp³-hybridized carbons (Fsp3) is 0.286. The highest BCUT2D eigenvalue weighted by atomic mass is 32.1. The van der Waals surface area contributed by atoms with Crippen LogP contribution in [-0.2, 0) is 6.54 Å². The second-order valence-corrected chi connectivity index (χ2v) is 6.00. The highest BCUT2D eigenvalue weighted by molar-refractivity contribution is 7.80. The molecule has 1 heterocycles. The lowest BCUT2D eigenvalue weighted by Gasteiger charge is -2.05. The van der Waals surface area contributed by atoms with Crippen LogP contribution in [-0.4, -0.2) is 15.7 Å². The van der Waals surface area contributed by atoms with E-state index >= 15 is 0 Å². The van der Waals surface area contributed by atoms with Gasteiger partial charge in [-0.25, -0.2) is 4.39 Å². The van der Waals surface area contributed by atoms with Gasteiger partial charge in [0, 0.05) is 23.2 Å². The van der Waals surface area contributed by atoms with Crippen LogP contribution < -0.4 is 10.1 Å². The fourth-order valence-corrected chi connectivity index (χ4v) is 2.88. The molecule has 1 N–H and O–H groups in total. The van der Waals surface area contributed by atoms with Gasteiger partial charge in [-0.05, 0) is 31.1 Å². The molecule has 0 aliphatic heterocycles. The second kappa shape index (κ2) is 5.85. The number of rotatable bonds is 3. The van der Waals surface area contributed by atoms with Crippen LogP contribution in [0, 0.1) is 5.82 Å². The third kappa shape index (κ3) is 3.32. The van der Waals surface area contributed by atoms with Crippen molar-refractivity contribution in [3.63, 3.8) is 0 Å². The molecule has 6 heteroatoms. The van der Waals surface area contributed by atoms with E-state index in [9.17, 15) is 4.39 Å². The quantitative estimate of drug-likeness (QED) is 0.884. The Labute approximate surface area is 125 Å². The van der Waals surface area contributed by atoms with Crippen molar-refractivity contribution in [2.75, 3.05) is 0 Å². The molecular weight excluding hydrogens is 293 g/mol. The maximum atomic E-state index is 13.7. The summed E-state index contributed by atoms with van der Waals surface area (Å²) in [5, 5.41) is 5.62. The number of aromatic nitrogens is 1. The van der Waals surface area contributed by atoms with Crippen LogP contribution in [0.5, 0.6) is 0 Å². The average molecular weight is 307 g/mol. The van der Waals surface area contributed by atoms with Gasteiger partial charge in [0.25, 0.3) is 0 Å². The summed E-state index contributed by atoms with van der Waals surface area (Å²) in [6.45, 7) is 0.459. The van der Waals surface area contributed by atoms with Gasteiger partial charge < -0.3 is 9.88 Å². The van der Waals surface area contributed by atoms with Gasteiger partial charge in [-0.1, -0.05) is 18.2 Å². The summed E-state index contributed by atoms with van der Waals surface area (Å²) in [5.74, 6) is -0.198. The van der Waals surface area contributed by atoms with E-state index in [0.29, 0.717) is 23.3 Å². The maximum Gasteiger partial charge on any atom is 0.195 e. The molecule has 1 aliphatic carbocycles. The summed E-state index contributed by atoms with van der Waals surface area (Å²) in [6, 6.07) is 7.27. The number of thiazole rings is 1. The first-order chi connectivity index (χ1) is 9.72. The first kappa shape index (κ1) is 13.5. The monoisotopic (exact) mass is 307 g/mol. The summed E-state index contributed by atoms with van der Waals surface area (Å²) in [6.07, 6.45) is 4.22. The Bertz CT molecular complexity index is 685. The van der Waals surface area contributed by atoms with Crippen LogP contribution in [0.1, 0.15) is 18.4 Å². The summed E-state index contributed by atoms with van der Waals surface area (Å²) in [7, 11) is 0. The van der Waals surface area contributed by atoms with Gasteiger partial charge in [0.2, 0.25) is 0 Å². The molecule has 0 amide bonds. The lowest BCUT2D eigenvalue weighted by molar-refractivity contribution is 0.597. The zero-order valence-electron chi connectivity index (χ0n) is 10.8. The topological polar surface area (TPSA) is 29.3 Å². The van der Waals surface area contributed by atoms with Gasteiger partial charge >= 0.3 is 0 Å². The van der Waals surface area contributed by atoms with E-state index < -0.39 is 0 Å². The van der Waals surface area contributed by atoms with E-state index in [1.54, 1.807) is 12.1 Å². The number of hydrogen-bond donors (Lipinski definition) is 1. The number of thiocarbonyl (C=S) groups is 1. The summed E-state index contributed by atoms with van der Waals surface area (Å²) >= 11 is 6.71. The largest absolute Gasteiger partial charge is 0.358 e. The van der Waals surface area contributed by atoms with Crippen LogP contribution in [0.25, 0.3) is 0 Å². The van der Waals surface area contributed by atoms with E-state index in [2.05, 4.69) is 10.3 Å². The molecule has 0 radical (unpaired) electrons. The molecule has 1 aromatic carbocycles. The van der Waals surface area contributed by atoms with Crippen molar-refractivity contribution in [1.29, 1.82) is 0 Å². The summed E-state index contributed by atoms with van der Waals surface area (Å²) in [4.78, 5) is 5.19. The van der Waals surface area contributed by atoms with Crippen molar-refractivity contribution in [1.82, 2.24) is 9.88 Å². The highest BCUT2D eigenvalue weighted by Gasteiger charge is 2.21. The third-order valence-electron chi connectivity index (χ3n) is 3.06.